The minimum absolute atomic E-state index is 0.0966. The van der Waals surface area contributed by atoms with Gasteiger partial charge in [-0.1, -0.05) is 58.3 Å². The molecule has 1 aromatic rings. The number of allylic oxidation sites excluding steroid dienone is 2. The highest BCUT2D eigenvalue weighted by atomic mass is 16.5. The van der Waals surface area contributed by atoms with Gasteiger partial charge < -0.3 is 9.47 Å². The Bertz CT molecular complexity index is 776. The van der Waals surface area contributed by atoms with E-state index in [-0.39, 0.29) is 40.0 Å². The number of ketones is 3. The lowest BCUT2D eigenvalue weighted by Gasteiger charge is -2.19. The van der Waals surface area contributed by atoms with Crippen molar-refractivity contribution >= 4 is 17.3 Å². The van der Waals surface area contributed by atoms with Gasteiger partial charge in [-0.05, 0) is 24.6 Å². The molecule has 0 bridgehead atoms. The fourth-order valence-corrected chi connectivity index (χ4v) is 3.75. The molecule has 1 aliphatic carbocycles. The summed E-state index contributed by atoms with van der Waals surface area (Å²) in [5.74, 6) is -0.371. The Morgan fingerprint density at radius 3 is 1.90 bits per heavy atom. The van der Waals surface area contributed by atoms with Crippen LogP contribution in [0.15, 0.2) is 18.2 Å². The zero-order chi connectivity index (χ0) is 21.2. The van der Waals surface area contributed by atoms with E-state index in [0.717, 1.165) is 19.3 Å². The van der Waals surface area contributed by atoms with Crippen LogP contribution >= 0.6 is 0 Å². The van der Waals surface area contributed by atoms with Crippen LogP contribution in [0.5, 0.6) is 11.5 Å². The number of carbonyl (C=O) groups is 3. The standard InChI is InChI=1S/C24H32O5/c1-4-5-6-7-8-9-10-11-12-13-18(25)17-16-21(28-2)22-19(26)14-15-20(27)23(22)24(17)29-3/h14-16H,4-13H2,1-3H3. The summed E-state index contributed by atoms with van der Waals surface area (Å²) in [7, 11) is 2.83. The molecule has 0 spiro atoms. The summed E-state index contributed by atoms with van der Waals surface area (Å²) in [6.45, 7) is 2.22. The van der Waals surface area contributed by atoms with Gasteiger partial charge in [0, 0.05) is 6.42 Å². The highest BCUT2D eigenvalue weighted by Gasteiger charge is 2.31. The summed E-state index contributed by atoms with van der Waals surface area (Å²) in [5.41, 5.74) is 0.588. The Balaban J connectivity index is 2.01. The fourth-order valence-electron chi connectivity index (χ4n) is 3.75. The molecule has 0 aliphatic heterocycles. The van der Waals surface area contributed by atoms with Gasteiger partial charge in [-0.15, -0.1) is 0 Å². The first kappa shape index (κ1) is 22.9. The number of methoxy groups -OCH3 is 2. The van der Waals surface area contributed by atoms with E-state index in [1.54, 1.807) is 0 Å². The molecule has 0 atom stereocenters. The van der Waals surface area contributed by atoms with Gasteiger partial charge in [-0.25, -0.2) is 0 Å². The number of ether oxygens (including phenoxy) is 2. The zero-order valence-electron chi connectivity index (χ0n) is 17.8. The molecule has 0 heterocycles. The van der Waals surface area contributed by atoms with Gasteiger partial charge in [0.15, 0.2) is 17.3 Å². The minimum Gasteiger partial charge on any atom is -0.496 e. The number of Topliss-reactive ketones (excluding diaryl/α,β-unsaturated/α-hetero) is 1. The third-order valence-electron chi connectivity index (χ3n) is 5.35. The molecule has 158 valence electrons. The second kappa shape index (κ2) is 11.5. The molecule has 29 heavy (non-hydrogen) atoms. The largest absolute Gasteiger partial charge is 0.496 e. The highest BCUT2D eigenvalue weighted by Crippen LogP contribution is 2.38. The van der Waals surface area contributed by atoms with Crippen LogP contribution in [-0.2, 0) is 0 Å². The second-order valence-electron chi connectivity index (χ2n) is 7.47. The van der Waals surface area contributed by atoms with Gasteiger partial charge in [0.1, 0.15) is 11.5 Å². The van der Waals surface area contributed by atoms with Crippen molar-refractivity contribution in [3.8, 4) is 11.5 Å². The van der Waals surface area contributed by atoms with Crippen molar-refractivity contribution in [2.45, 2.75) is 71.1 Å². The highest BCUT2D eigenvalue weighted by molar-refractivity contribution is 6.25. The van der Waals surface area contributed by atoms with Crippen LogP contribution in [0.4, 0.5) is 0 Å². The van der Waals surface area contributed by atoms with E-state index in [4.69, 9.17) is 9.47 Å². The Hall–Kier alpha value is -2.43. The van der Waals surface area contributed by atoms with Gasteiger partial charge in [0.25, 0.3) is 0 Å². The molecule has 0 radical (unpaired) electrons. The van der Waals surface area contributed by atoms with Crippen molar-refractivity contribution in [3.05, 3.63) is 34.9 Å². The van der Waals surface area contributed by atoms with E-state index in [0.29, 0.717) is 12.0 Å². The van der Waals surface area contributed by atoms with E-state index in [2.05, 4.69) is 6.92 Å². The molecule has 2 rings (SSSR count). The van der Waals surface area contributed by atoms with Crippen molar-refractivity contribution in [2.24, 2.45) is 0 Å². The smallest absolute Gasteiger partial charge is 0.190 e. The van der Waals surface area contributed by atoms with Crippen molar-refractivity contribution in [1.29, 1.82) is 0 Å². The van der Waals surface area contributed by atoms with Crippen molar-refractivity contribution in [1.82, 2.24) is 0 Å². The van der Waals surface area contributed by atoms with Crippen molar-refractivity contribution in [3.63, 3.8) is 0 Å². The molecular weight excluding hydrogens is 368 g/mol. The normalized spacial score (nSPS) is 12.8. The summed E-state index contributed by atoms with van der Waals surface area (Å²) >= 11 is 0. The number of carbonyl (C=O) groups excluding carboxylic acids is 3. The first-order chi connectivity index (χ1) is 14.0. The minimum atomic E-state index is -0.354. The maximum atomic E-state index is 12.8. The Labute approximate surface area is 173 Å². The lowest BCUT2D eigenvalue weighted by Crippen LogP contribution is -2.17. The van der Waals surface area contributed by atoms with Crippen LogP contribution in [0.2, 0.25) is 0 Å². The monoisotopic (exact) mass is 400 g/mol. The molecule has 1 aromatic carbocycles. The number of rotatable bonds is 13. The quantitative estimate of drug-likeness (QED) is 0.312. The van der Waals surface area contributed by atoms with Crippen LogP contribution in [0.25, 0.3) is 0 Å². The number of hydrogen-bond acceptors (Lipinski definition) is 5. The fraction of sp³-hybridized carbons (Fsp3) is 0.542. The predicted molar refractivity (Wildman–Crippen MR) is 114 cm³/mol. The molecular formula is C24H32O5. The Morgan fingerprint density at radius 1 is 0.793 bits per heavy atom. The van der Waals surface area contributed by atoms with Gasteiger partial charge in [0.2, 0.25) is 0 Å². The van der Waals surface area contributed by atoms with Gasteiger partial charge in [0.05, 0.1) is 30.9 Å². The van der Waals surface area contributed by atoms with E-state index < -0.39 is 0 Å². The van der Waals surface area contributed by atoms with Crippen LogP contribution in [0.1, 0.15) is 102 Å². The summed E-state index contributed by atoms with van der Waals surface area (Å²) in [6, 6.07) is 1.53. The van der Waals surface area contributed by atoms with Crippen LogP contribution < -0.4 is 9.47 Å². The van der Waals surface area contributed by atoms with Gasteiger partial charge in [-0.3, -0.25) is 14.4 Å². The molecule has 5 nitrogen and oxygen atoms in total. The lowest BCUT2D eigenvalue weighted by atomic mass is 9.89. The molecule has 5 heteroatoms. The number of unbranched alkanes of at least 4 members (excludes halogenated alkanes) is 8. The van der Waals surface area contributed by atoms with Gasteiger partial charge in [-0.2, -0.15) is 0 Å². The third-order valence-corrected chi connectivity index (χ3v) is 5.35. The van der Waals surface area contributed by atoms with Gasteiger partial charge >= 0.3 is 0 Å². The summed E-state index contributed by atoms with van der Waals surface area (Å²) in [6.07, 6.45) is 13.4. The summed E-state index contributed by atoms with van der Waals surface area (Å²) in [4.78, 5) is 37.5. The van der Waals surface area contributed by atoms with E-state index >= 15 is 0 Å². The van der Waals surface area contributed by atoms with Crippen LogP contribution in [0, 0.1) is 0 Å². The lowest BCUT2D eigenvalue weighted by molar-refractivity contribution is 0.0969. The average molecular weight is 401 g/mol. The maximum Gasteiger partial charge on any atom is 0.190 e. The molecule has 0 amide bonds. The number of fused-ring (bicyclic) bond motifs is 1. The summed E-state index contributed by atoms with van der Waals surface area (Å²) < 4.78 is 10.7. The summed E-state index contributed by atoms with van der Waals surface area (Å²) in [5, 5.41) is 0. The Morgan fingerprint density at radius 2 is 1.34 bits per heavy atom. The molecule has 0 saturated heterocycles. The SMILES string of the molecule is CCCCCCCCCCCC(=O)c1cc(OC)c2c(c1OC)C(=O)C=CC2=O. The third kappa shape index (κ3) is 5.78. The Kier molecular flexibility index (Phi) is 9.10. The number of hydrogen-bond donors (Lipinski definition) is 0. The molecule has 0 fully saturated rings. The van der Waals surface area contributed by atoms with E-state index in [1.165, 1.54) is 71.0 Å². The zero-order valence-corrected chi connectivity index (χ0v) is 17.8. The molecule has 1 aliphatic rings. The predicted octanol–water partition coefficient (Wildman–Crippen LogP) is 5.74. The van der Waals surface area contributed by atoms with Crippen LogP contribution in [0.3, 0.4) is 0 Å². The molecule has 0 N–H and O–H groups in total. The topological polar surface area (TPSA) is 69.7 Å². The van der Waals surface area contributed by atoms with E-state index in [1.807, 2.05) is 0 Å². The average Bonchev–Trinajstić information content (AvgIpc) is 2.73. The first-order valence-corrected chi connectivity index (χ1v) is 10.6. The maximum absolute atomic E-state index is 12.8. The van der Waals surface area contributed by atoms with Crippen LogP contribution in [-0.4, -0.2) is 31.6 Å². The first-order valence-electron chi connectivity index (χ1n) is 10.6. The van der Waals surface area contributed by atoms with E-state index in [9.17, 15) is 14.4 Å². The molecule has 0 aromatic heterocycles. The molecule has 0 saturated carbocycles. The number of benzene rings is 1. The molecule has 0 unspecified atom stereocenters. The van der Waals surface area contributed by atoms with Crippen molar-refractivity contribution < 1.29 is 23.9 Å². The second-order valence-corrected chi connectivity index (χ2v) is 7.47. The van der Waals surface area contributed by atoms with Crippen molar-refractivity contribution in [2.75, 3.05) is 14.2 Å².